The highest BCUT2D eigenvalue weighted by Crippen LogP contribution is 2.53. The number of aromatic nitrogens is 2. The van der Waals surface area contributed by atoms with Gasteiger partial charge in [-0.1, -0.05) is 207 Å². The van der Waals surface area contributed by atoms with E-state index >= 15 is 0 Å². The summed E-state index contributed by atoms with van der Waals surface area (Å²) in [4.78, 5) is 10.00. The number of hydrogen-bond acceptors (Lipinski definition) is 4. The molecule has 0 fully saturated rings. The predicted octanol–water partition coefficient (Wildman–Crippen LogP) is 20.7. The molecule has 5 nitrogen and oxygen atoms in total. The van der Waals surface area contributed by atoms with E-state index in [0.717, 1.165) is 50.8 Å². The van der Waals surface area contributed by atoms with Crippen LogP contribution in [0.2, 0.25) is 0 Å². The first-order chi connectivity index (χ1) is 37.3. The van der Waals surface area contributed by atoms with E-state index in [2.05, 4.69) is 300 Å². The average molecular weight is 1040 g/mol. The number of nitrogens with zero attached hydrogens (tertiary/aromatic N) is 4. The number of ether oxygens (including phenoxy) is 1. The van der Waals surface area contributed by atoms with Gasteiger partial charge in [0.15, 0.2) is 0 Å². The quantitative estimate of drug-likeness (QED) is 0.152. The number of fused-ring (bicyclic) bond motifs is 4. The first-order valence-corrected chi connectivity index (χ1v) is 28.3. The maximum atomic E-state index is 6.96. The summed E-state index contributed by atoms with van der Waals surface area (Å²) in [5, 5.41) is 2.34. The zero-order valence-electron chi connectivity index (χ0n) is 49.3. The number of para-hydroxylation sites is 1. The monoisotopic (exact) mass is 1040 g/mol. The molecule has 10 aromatic rings. The van der Waals surface area contributed by atoms with Gasteiger partial charge in [0, 0.05) is 45.9 Å². The number of hydrogen-bond donors (Lipinski definition) is 0. The van der Waals surface area contributed by atoms with Crippen molar-refractivity contribution < 1.29 is 4.74 Å². The predicted molar refractivity (Wildman–Crippen MR) is 337 cm³/mol. The van der Waals surface area contributed by atoms with Crippen molar-refractivity contribution in [1.82, 2.24) is 9.55 Å². The lowest BCUT2D eigenvalue weighted by atomic mass is 9.80. The van der Waals surface area contributed by atoms with Gasteiger partial charge in [-0.05, 0) is 144 Å². The van der Waals surface area contributed by atoms with Crippen LogP contribution in [0.3, 0.4) is 0 Å². The zero-order chi connectivity index (χ0) is 56.0. The Hall–Kier alpha value is -7.89. The van der Waals surface area contributed by atoms with Crippen molar-refractivity contribution in [2.75, 3.05) is 16.5 Å². The van der Waals surface area contributed by atoms with Gasteiger partial charge in [-0.25, -0.2) is 4.98 Å². The number of pyridine rings is 1. The lowest BCUT2D eigenvalue weighted by molar-refractivity contribution is 0.483. The summed E-state index contributed by atoms with van der Waals surface area (Å²) in [5.41, 5.74) is 20.2. The fourth-order valence-corrected chi connectivity index (χ4v) is 11.2. The van der Waals surface area contributed by atoms with Gasteiger partial charge in [0.2, 0.25) is 0 Å². The van der Waals surface area contributed by atoms with Crippen LogP contribution in [0.1, 0.15) is 132 Å². The fourth-order valence-electron chi connectivity index (χ4n) is 11.2. The topological polar surface area (TPSA) is 33.5 Å². The molecule has 0 spiro atoms. The summed E-state index contributed by atoms with van der Waals surface area (Å²) < 4.78 is 9.24. The van der Waals surface area contributed by atoms with Crippen molar-refractivity contribution >= 4 is 44.6 Å². The van der Waals surface area contributed by atoms with E-state index in [1.54, 1.807) is 0 Å². The van der Waals surface area contributed by atoms with E-state index in [4.69, 9.17) is 9.72 Å². The molecule has 400 valence electrons. The Morgan fingerprint density at radius 3 is 1.59 bits per heavy atom. The molecule has 0 amide bonds. The summed E-state index contributed by atoms with van der Waals surface area (Å²) in [7, 11) is 0. The minimum absolute atomic E-state index is 0.0250. The third-order valence-electron chi connectivity index (χ3n) is 16.1. The molecule has 79 heavy (non-hydrogen) atoms. The molecule has 3 heterocycles. The number of benzene rings is 8. The van der Waals surface area contributed by atoms with Gasteiger partial charge in [0.05, 0.1) is 28.1 Å². The van der Waals surface area contributed by atoms with E-state index in [0.29, 0.717) is 6.67 Å². The highest BCUT2D eigenvalue weighted by Gasteiger charge is 2.35. The lowest BCUT2D eigenvalue weighted by Gasteiger charge is -2.31. The first-order valence-electron chi connectivity index (χ1n) is 28.3. The van der Waals surface area contributed by atoms with Crippen LogP contribution in [-0.2, 0) is 27.1 Å². The highest BCUT2D eigenvalue weighted by molar-refractivity contribution is 6.09. The van der Waals surface area contributed by atoms with Crippen LogP contribution < -0.4 is 14.5 Å². The van der Waals surface area contributed by atoms with Gasteiger partial charge in [-0.3, -0.25) is 4.57 Å². The van der Waals surface area contributed by atoms with Crippen molar-refractivity contribution in [3.8, 4) is 50.7 Å². The molecule has 0 saturated heterocycles. The van der Waals surface area contributed by atoms with Gasteiger partial charge in [0.1, 0.15) is 24.0 Å². The Morgan fingerprint density at radius 2 is 0.924 bits per heavy atom. The molecular formula is C74H78N4O. The van der Waals surface area contributed by atoms with Gasteiger partial charge in [0.25, 0.3) is 0 Å². The second kappa shape index (κ2) is 19.5. The van der Waals surface area contributed by atoms with Crippen LogP contribution in [0, 0.1) is 0 Å². The highest BCUT2D eigenvalue weighted by atomic mass is 16.5. The van der Waals surface area contributed by atoms with E-state index in [-0.39, 0.29) is 27.1 Å². The molecule has 0 unspecified atom stereocenters. The van der Waals surface area contributed by atoms with Crippen molar-refractivity contribution in [3.05, 3.63) is 216 Å². The number of anilines is 4. The summed E-state index contributed by atoms with van der Waals surface area (Å²) in [6.45, 7) is 35.1. The van der Waals surface area contributed by atoms with E-state index in [1.807, 2.05) is 6.20 Å². The molecule has 0 radical (unpaired) electrons. The van der Waals surface area contributed by atoms with Crippen molar-refractivity contribution in [3.63, 3.8) is 0 Å². The van der Waals surface area contributed by atoms with E-state index < -0.39 is 0 Å². The van der Waals surface area contributed by atoms with Crippen molar-refractivity contribution in [2.45, 2.75) is 131 Å². The molecule has 0 saturated carbocycles. The van der Waals surface area contributed by atoms with Crippen LogP contribution in [0.25, 0.3) is 61.0 Å². The first kappa shape index (κ1) is 53.1. The Kier molecular flexibility index (Phi) is 13.1. The van der Waals surface area contributed by atoms with E-state index in [1.165, 1.54) is 72.3 Å². The second-order valence-electron chi connectivity index (χ2n) is 27.1. The molecule has 0 N–H and O–H groups in total. The lowest BCUT2D eigenvalue weighted by Crippen LogP contribution is -2.25. The third-order valence-corrected chi connectivity index (χ3v) is 16.1. The Bertz CT molecular complexity index is 3930. The zero-order valence-corrected chi connectivity index (χ0v) is 49.3. The van der Waals surface area contributed by atoms with Crippen LogP contribution in [-0.4, -0.2) is 16.2 Å². The molecular weight excluding hydrogens is 961 g/mol. The second-order valence-corrected chi connectivity index (χ2v) is 27.1. The Morgan fingerprint density at radius 1 is 0.367 bits per heavy atom. The minimum Gasteiger partial charge on any atom is -0.457 e. The minimum atomic E-state index is -0.122. The largest absolute Gasteiger partial charge is 0.457 e. The van der Waals surface area contributed by atoms with Crippen LogP contribution >= 0.6 is 0 Å². The summed E-state index contributed by atoms with van der Waals surface area (Å²) >= 11 is 0. The SMILES string of the molecule is CC(C)(C)c1cccc(-c2ccc(-c3cc(C(C)(C)C)cc(-c4cccc(C(C)(C)C)c4)c3N3CN(c4cccc(Oc5ccc6c7ccccc7n(-c7cc(C(C)(C)C)ccn7)c6c5)c4)c4cc(C(C)(C)C)ccc43)cc2)c1. The van der Waals surface area contributed by atoms with Gasteiger partial charge in [-0.15, -0.1) is 0 Å². The third kappa shape index (κ3) is 10.4. The molecule has 2 aromatic heterocycles. The van der Waals surface area contributed by atoms with Crippen LogP contribution in [0.15, 0.2) is 188 Å². The molecule has 5 heteroatoms. The Labute approximate surface area is 470 Å². The summed E-state index contributed by atoms with van der Waals surface area (Å²) in [5.74, 6) is 2.42. The molecule has 0 atom stereocenters. The molecule has 0 bridgehead atoms. The standard InChI is InChI=1S/C74H78N4O/c1-70(2,3)52-23-18-21-50(39-52)48-29-31-49(32-30-48)62-41-56(74(13,14)15)42-63(51-22-19-24-53(40-51)71(4,5)6)69(62)77-47-76(67-43-54(72(7,8)9)33-36-65(67)77)57-25-20-26-58(45-57)79-59-34-35-61-60-27-16-17-28-64(60)78(66(61)46-59)68-44-55(37-38-75-68)73(10,11)12/h16-46H,47H2,1-15H3. The van der Waals surface area contributed by atoms with Gasteiger partial charge < -0.3 is 14.5 Å². The molecule has 11 rings (SSSR count). The van der Waals surface area contributed by atoms with Crippen molar-refractivity contribution in [1.29, 1.82) is 0 Å². The number of rotatable bonds is 8. The maximum absolute atomic E-state index is 6.96. The molecule has 1 aliphatic heterocycles. The average Bonchev–Trinajstić information content (AvgIpc) is 4.09. The fraction of sp³-hybridized carbons (Fsp3) is 0.284. The van der Waals surface area contributed by atoms with Crippen LogP contribution in [0.4, 0.5) is 22.7 Å². The summed E-state index contributed by atoms with van der Waals surface area (Å²) in [6.07, 6.45) is 1.93. The molecule has 8 aromatic carbocycles. The smallest absolute Gasteiger partial charge is 0.137 e. The van der Waals surface area contributed by atoms with Crippen LogP contribution in [0.5, 0.6) is 11.5 Å². The maximum Gasteiger partial charge on any atom is 0.137 e. The normalized spacial score (nSPS) is 13.4. The Balaban J connectivity index is 1.05. The molecule has 0 aliphatic carbocycles. The van der Waals surface area contributed by atoms with Gasteiger partial charge >= 0.3 is 0 Å². The van der Waals surface area contributed by atoms with Crippen molar-refractivity contribution in [2.24, 2.45) is 0 Å². The molecule has 1 aliphatic rings. The summed E-state index contributed by atoms with van der Waals surface area (Å²) in [6, 6.07) is 67.7. The van der Waals surface area contributed by atoms with Gasteiger partial charge in [-0.2, -0.15) is 0 Å². The van der Waals surface area contributed by atoms with E-state index in [9.17, 15) is 0 Å².